The molecule has 2 aromatic rings. The zero-order chi connectivity index (χ0) is 15.9. The predicted molar refractivity (Wildman–Crippen MR) is 91.5 cm³/mol. The van der Waals surface area contributed by atoms with Crippen LogP contribution in [0.15, 0.2) is 47.4 Å². The Morgan fingerprint density at radius 2 is 1.95 bits per heavy atom. The van der Waals surface area contributed by atoms with Gasteiger partial charge in [-0.2, -0.15) is 0 Å². The molecule has 0 saturated heterocycles. The highest BCUT2D eigenvalue weighted by Crippen LogP contribution is 2.27. The minimum Gasteiger partial charge on any atom is -0.392 e. The van der Waals surface area contributed by atoms with Gasteiger partial charge in [0.2, 0.25) is 0 Å². The standard InChI is InChI=1S/C16H17ClN2O2S/c1-22-15-7-6-13(8-14(15)17)19-16(21)18-9-11-4-2-3-5-12(11)10-20/h2-8,20H,9-10H2,1H3,(H2,18,19,21). The first-order valence-corrected chi connectivity index (χ1v) is 8.30. The molecule has 0 saturated carbocycles. The van der Waals surface area contributed by atoms with E-state index in [2.05, 4.69) is 10.6 Å². The molecule has 0 spiro atoms. The van der Waals surface area contributed by atoms with Crippen molar-refractivity contribution >= 4 is 35.1 Å². The number of benzene rings is 2. The van der Waals surface area contributed by atoms with Crippen LogP contribution in [0.5, 0.6) is 0 Å². The first-order valence-electron chi connectivity index (χ1n) is 6.70. The lowest BCUT2D eigenvalue weighted by Crippen LogP contribution is -2.28. The quantitative estimate of drug-likeness (QED) is 0.726. The van der Waals surface area contributed by atoms with Crippen LogP contribution in [0.3, 0.4) is 0 Å². The number of halogens is 1. The van der Waals surface area contributed by atoms with Crippen LogP contribution in [0.1, 0.15) is 11.1 Å². The zero-order valence-corrected chi connectivity index (χ0v) is 13.7. The molecule has 116 valence electrons. The normalized spacial score (nSPS) is 10.3. The SMILES string of the molecule is CSc1ccc(NC(=O)NCc2ccccc2CO)cc1Cl. The maximum atomic E-state index is 11.9. The first kappa shape index (κ1) is 16.7. The average Bonchev–Trinajstić information content (AvgIpc) is 2.53. The Morgan fingerprint density at radius 1 is 1.23 bits per heavy atom. The third-order valence-corrected chi connectivity index (χ3v) is 4.36. The molecule has 0 aliphatic rings. The molecule has 22 heavy (non-hydrogen) atoms. The molecule has 4 nitrogen and oxygen atoms in total. The number of anilines is 1. The van der Waals surface area contributed by atoms with Crippen molar-refractivity contribution in [1.82, 2.24) is 5.32 Å². The predicted octanol–water partition coefficient (Wildman–Crippen LogP) is 3.88. The van der Waals surface area contributed by atoms with E-state index in [4.69, 9.17) is 11.6 Å². The number of amides is 2. The molecular formula is C16H17ClN2O2S. The number of carbonyl (C=O) groups is 1. The molecule has 2 rings (SSSR count). The van der Waals surface area contributed by atoms with Gasteiger partial charge in [-0.05, 0) is 35.6 Å². The van der Waals surface area contributed by atoms with Crippen molar-refractivity contribution in [2.24, 2.45) is 0 Å². The summed E-state index contributed by atoms with van der Waals surface area (Å²) in [6, 6.07) is 12.5. The lowest BCUT2D eigenvalue weighted by Gasteiger charge is -2.11. The molecule has 0 atom stereocenters. The fourth-order valence-corrected chi connectivity index (χ4v) is 2.85. The summed E-state index contributed by atoms with van der Waals surface area (Å²) in [5, 5.41) is 15.4. The Labute approximate surface area is 138 Å². The number of aliphatic hydroxyl groups excluding tert-OH is 1. The number of urea groups is 1. The molecule has 0 unspecified atom stereocenters. The van der Waals surface area contributed by atoms with E-state index < -0.39 is 0 Å². The minimum atomic E-state index is -0.319. The molecular weight excluding hydrogens is 320 g/mol. The topological polar surface area (TPSA) is 61.4 Å². The van der Waals surface area contributed by atoms with Crippen molar-refractivity contribution in [1.29, 1.82) is 0 Å². The number of nitrogens with one attached hydrogen (secondary N) is 2. The number of hydrogen-bond donors (Lipinski definition) is 3. The van der Waals surface area contributed by atoms with Crippen LogP contribution in [0.25, 0.3) is 0 Å². The van der Waals surface area contributed by atoms with Gasteiger partial charge >= 0.3 is 6.03 Å². The molecule has 6 heteroatoms. The van der Waals surface area contributed by atoms with Crippen molar-refractivity contribution in [2.45, 2.75) is 18.0 Å². The van der Waals surface area contributed by atoms with Crippen LogP contribution < -0.4 is 10.6 Å². The van der Waals surface area contributed by atoms with Gasteiger partial charge in [-0.1, -0.05) is 35.9 Å². The van der Waals surface area contributed by atoms with Crippen molar-refractivity contribution < 1.29 is 9.90 Å². The Kier molecular flexibility index (Phi) is 6.12. The van der Waals surface area contributed by atoms with E-state index in [1.165, 1.54) is 0 Å². The van der Waals surface area contributed by atoms with Crippen LogP contribution in [-0.2, 0) is 13.2 Å². The fraction of sp³-hybridized carbons (Fsp3) is 0.188. The molecule has 0 fully saturated rings. The molecule has 0 bridgehead atoms. The van der Waals surface area contributed by atoms with Crippen molar-refractivity contribution in [3.63, 3.8) is 0 Å². The molecule has 0 radical (unpaired) electrons. The summed E-state index contributed by atoms with van der Waals surface area (Å²) in [5.41, 5.74) is 2.32. The number of carbonyl (C=O) groups excluding carboxylic acids is 1. The Bertz CT molecular complexity index is 664. The van der Waals surface area contributed by atoms with Crippen molar-refractivity contribution in [3.8, 4) is 0 Å². The van der Waals surface area contributed by atoms with E-state index in [1.54, 1.807) is 23.9 Å². The molecule has 0 aliphatic carbocycles. The summed E-state index contributed by atoms with van der Waals surface area (Å²) in [6.45, 7) is 0.296. The largest absolute Gasteiger partial charge is 0.392 e. The highest BCUT2D eigenvalue weighted by Gasteiger charge is 2.06. The molecule has 0 aromatic heterocycles. The number of thioether (sulfide) groups is 1. The zero-order valence-electron chi connectivity index (χ0n) is 12.1. The number of rotatable bonds is 5. The summed E-state index contributed by atoms with van der Waals surface area (Å²) in [5.74, 6) is 0. The third kappa shape index (κ3) is 4.40. The van der Waals surface area contributed by atoms with E-state index in [9.17, 15) is 9.90 Å². The van der Waals surface area contributed by atoms with Crippen LogP contribution in [0.2, 0.25) is 5.02 Å². The summed E-state index contributed by atoms with van der Waals surface area (Å²) in [7, 11) is 0. The summed E-state index contributed by atoms with van der Waals surface area (Å²) in [6.07, 6.45) is 1.94. The molecule has 0 aliphatic heterocycles. The molecule has 3 N–H and O–H groups in total. The first-order chi connectivity index (χ1) is 10.6. The van der Waals surface area contributed by atoms with Crippen LogP contribution in [0, 0.1) is 0 Å². The van der Waals surface area contributed by atoms with E-state index >= 15 is 0 Å². The van der Waals surface area contributed by atoms with Crippen molar-refractivity contribution in [2.75, 3.05) is 11.6 Å². The lowest BCUT2D eigenvalue weighted by molar-refractivity contribution is 0.251. The van der Waals surface area contributed by atoms with E-state index in [0.29, 0.717) is 17.3 Å². The van der Waals surface area contributed by atoms with Gasteiger partial charge in [0, 0.05) is 17.1 Å². The second-order valence-electron chi connectivity index (χ2n) is 4.58. The van der Waals surface area contributed by atoms with Gasteiger partial charge in [-0.15, -0.1) is 11.8 Å². The monoisotopic (exact) mass is 336 g/mol. The van der Waals surface area contributed by atoms with E-state index in [-0.39, 0.29) is 12.6 Å². The molecule has 2 aromatic carbocycles. The maximum Gasteiger partial charge on any atom is 0.319 e. The van der Waals surface area contributed by atoms with Crippen molar-refractivity contribution in [3.05, 3.63) is 58.6 Å². The van der Waals surface area contributed by atoms with E-state index in [1.807, 2.05) is 36.6 Å². The minimum absolute atomic E-state index is 0.0504. The Hall–Kier alpha value is -1.69. The molecule has 2 amide bonds. The van der Waals surface area contributed by atoms with Gasteiger partial charge in [-0.25, -0.2) is 4.79 Å². The highest BCUT2D eigenvalue weighted by atomic mass is 35.5. The summed E-state index contributed by atoms with van der Waals surface area (Å²) < 4.78 is 0. The van der Waals surface area contributed by atoms with Crippen LogP contribution in [-0.4, -0.2) is 17.4 Å². The Balaban J connectivity index is 1.94. The fourth-order valence-electron chi connectivity index (χ4n) is 1.98. The van der Waals surface area contributed by atoms with Gasteiger partial charge in [0.25, 0.3) is 0 Å². The van der Waals surface area contributed by atoms with Gasteiger partial charge in [0.15, 0.2) is 0 Å². The van der Waals surface area contributed by atoms with Gasteiger partial charge in [0.05, 0.1) is 11.6 Å². The number of hydrogen-bond acceptors (Lipinski definition) is 3. The van der Waals surface area contributed by atoms with Gasteiger partial charge < -0.3 is 15.7 Å². The summed E-state index contributed by atoms with van der Waals surface area (Å²) >= 11 is 7.66. The van der Waals surface area contributed by atoms with E-state index in [0.717, 1.165) is 16.0 Å². The third-order valence-electron chi connectivity index (χ3n) is 3.14. The van der Waals surface area contributed by atoms with Gasteiger partial charge in [-0.3, -0.25) is 0 Å². The lowest BCUT2D eigenvalue weighted by atomic mass is 10.1. The maximum absolute atomic E-state index is 11.9. The van der Waals surface area contributed by atoms with Gasteiger partial charge in [0.1, 0.15) is 0 Å². The second-order valence-corrected chi connectivity index (χ2v) is 5.84. The Morgan fingerprint density at radius 3 is 2.59 bits per heavy atom. The smallest absolute Gasteiger partial charge is 0.319 e. The highest BCUT2D eigenvalue weighted by molar-refractivity contribution is 7.98. The average molecular weight is 337 g/mol. The summed E-state index contributed by atoms with van der Waals surface area (Å²) in [4.78, 5) is 12.9. The van der Waals surface area contributed by atoms with Crippen LogP contribution in [0.4, 0.5) is 10.5 Å². The molecule has 0 heterocycles. The second kappa shape index (κ2) is 8.08. The van der Waals surface area contributed by atoms with Crippen LogP contribution >= 0.6 is 23.4 Å². The number of aliphatic hydroxyl groups is 1.